The van der Waals surface area contributed by atoms with E-state index in [1.165, 1.54) is 0 Å². The second-order valence-corrected chi connectivity index (χ2v) is 5.56. The van der Waals surface area contributed by atoms with Crippen LogP contribution in [0.1, 0.15) is 29.6 Å². The number of benzene rings is 1. The number of likely N-dealkylation sites (tertiary alicyclic amines) is 1. The average Bonchev–Trinajstić information content (AvgIpc) is 3.01. The van der Waals surface area contributed by atoms with Gasteiger partial charge >= 0.3 is 0 Å². The molecule has 3 rings (SSSR count). The summed E-state index contributed by atoms with van der Waals surface area (Å²) < 4.78 is 11.2. The Morgan fingerprint density at radius 1 is 1.20 bits per heavy atom. The van der Waals surface area contributed by atoms with E-state index in [9.17, 15) is 4.79 Å². The molecule has 0 aromatic heterocycles. The molecule has 0 N–H and O–H groups in total. The van der Waals surface area contributed by atoms with Crippen LogP contribution in [0.2, 0.25) is 5.02 Å². The normalized spacial score (nSPS) is 24.1. The fraction of sp³-hybridized carbons (Fsp3) is 0.533. The fourth-order valence-corrected chi connectivity index (χ4v) is 3.10. The standard InChI is InChI=1S/C15H18ClNO3/c16-12-6-2-1-5-11(12)14(18)17-8-4-3-7-13(17)15-19-9-10-20-15/h1-2,5-6,13,15H,3-4,7-10H2/t13-/m0/s1. The largest absolute Gasteiger partial charge is 0.348 e. The van der Waals surface area contributed by atoms with Crippen LogP contribution >= 0.6 is 11.6 Å². The number of piperidine rings is 1. The summed E-state index contributed by atoms with van der Waals surface area (Å²) in [5.41, 5.74) is 0.555. The number of hydrogen-bond donors (Lipinski definition) is 0. The third-order valence-corrected chi connectivity index (χ3v) is 4.21. The Kier molecular flexibility index (Phi) is 4.24. The Morgan fingerprint density at radius 2 is 1.95 bits per heavy atom. The van der Waals surface area contributed by atoms with Gasteiger partial charge in [0.2, 0.25) is 0 Å². The molecule has 1 aromatic rings. The number of rotatable bonds is 2. The minimum atomic E-state index is -0.290. The topological polar surface area (TPSA) is 38.8 Å². The zero-order valence-electron chi connectivity index (χ0n) is 11.3. The molecule has 4 nitrogen and oxygen atoms in total. The molecule has 0 spiro atoms. The van der Waals surface area contributed by atoms with Crippen LogP contribution in [0.3, 0.4) is 0 Å². The van der Waals surface area contributed by atoms with Gasteiger partial charge in [-0.3, -0.25) is 4.79 Å². The third kappa shape index (κ3) is 2.68. The van der Waals surface area contributed by atoms with E-state index in [0.29, 0.717) is 23.8 Å². The summed E-state index contributed by atoms with van der Waals surface area (Å²) >= 11 is 6.14. The predicted molar refractivity (Wildman–Crippen MR) is 75.8 cm³/mol. The molecule has 2 aliphatic heterocycles. The summed E-state index contributed by atoms with van der Waals surface area (Å²) in [7, 11) is 0. The van der Waals surface area contributed by atoms with Crippen molar-refractivity contribution < 1.29 is 14.3 Å². The monoisotopic (exact) mass is 295 g/mol. The van der Waals surface area contributed by atoms with E-state index in [1.54, 1.807) is 12.1 Å². The average molecular weight is 296 g/mol. The second kappa shape index (κ2) is 6.12. The van der Waals surface area contributed by atoms with Gasteiger partial charge in [0.15, 0.2) is 6.29 Å². The van der Waals surface area contributed by atoms with Crippen LogP contribution in [0, 0.1) is 0 Å². The minimum Gasteiger partial charge on any atom is -0.348 e. The number of carbonyl (C=O) groups is 1. The molecule has 2 heterocycles. The van der Waals surface area contributed by atoms with Gasteiger partial charge < -0.3 is 14.4 Å². The van der Waals surface area contributed by atoms with Gasteiger partial charge in [-0.15, -0.1) is 0 Å². The Labute approximate surface area is 123 Å². The van der Waals surface area contributed by atoms with Crippen LogP contribution < -0.4 is 0 Å². The maximum atomic E-state index is 12.7. The van der Waals surface area contributed by atoms with Crippen LogP contribution in [0.25, 0.3) is 0 Å². The van der Waals surface area contributed by atoms with Crippen LogP contribution in [-0.4, -0.2) is 42.9 Å². The van der Waals surface area contributed by atoms with Crippen molar-refractivity contribution in [2.75, 3.05) is 19.8 Å². The van der Waals surface area contributed by atoms with E-state index in [1.807, 2.05) is 17.0 Å². The van der Waals surface area contributed by atoms with Crippen LogP contribution in [0.4, 0.5) is 0 Å². The number of halogens is 1. The van der Waals surface area contributed by atoms with Gasteiger partial charge in [0.25, 0.3) is 5.91 Å². The number of carbonyl (C=O) groups excluding carboxylic acids is 1. The molecule has 108 valence electrons. The molecule has 1 amide bonds. The molecule has 2 aliphatic rings. The molecule has 0 aliphatic carbocycles. The summed E-state index contributed by atoms with van der Waals surface area (Å²) in [5, 5.41) is 0.495. The highest BCUT2D eigenvalue weighted by Crippen LogP contribution is 2.27. The van der Waals surface area contributed by atoms with Gasteiger partial charge in [-0.1, -0.05) is 23.7 Å². The maximum Gasteiger partial charge on any atom is 0.255 e. The Morgan fingerprint density at radius 3 is 2.70 bits per heavy atom. The van der Waals surface area contributed by atoms with Gasteiger partial charge in [-0.25, -0.2) is 0 Å². The first-order valence-corrected chi connectivity index (χ1v) is 7.44. The summed E-state index contributed by atoms with van der Waals surface area (Å²) in [4.78, 5) is 14.6. The summed E-state index contributed by atoms with van der Waals surface area (Å²) in [6.07, 6.45) is 2.74. The lowest BCUT2D eigenvalue weighted by Crippen LogP contribution is -2.50. The van der Waals surface area contributed by atoms with E-state index in [0.717, 1.165) is 25.8 Å². The molecule has 1 aromatic carbocycles. The molecule has 0 bridgehead atoms. The number of nitrogens with zero attached hydrogens (tertiary/aromatic N) is 1. The lowest BCUT2D eigenvalue weighted by atomic mass is 10.00. The van der Waals surface area contributed by atoms with Crippen molar-refractivity contribution in [2.24, 2.45) is 0 Å². The molecule has 0 unspecified atom stereocenters. The molecule has 0 saturated carbocycles. The number of hydrogen-bond acceptors (Lipinski definition) is 3. The zero-order chi connectivity index (χ0) is 13.9. The van der Waals surface area contributed by atoms with E-state index < -0.39 is 0 Å². The Hall–Kier alpha value is -1.10. The fourth-order valence-electron chi connectivity index (χ4n) is 2.88. The predicted octanol–water partition coefficient (Wildman–Crippen LogP) is 2.71. The minimum absolute atomic E-state index is 0.00461. The van der Waals surface area contributed by atoms with Crippen molar-refractivity contribution in [3.8, 4) is 0 Å². The third-order valence-electron chi connectivity index (χ3n) is 3.88. The molecular weight excluding hydrogens is 278 g/mol. The summed E-state index contributed by atoms with van der Waals surface area (Å²) in [6.45, 7) is 1.95. The zero-order valence-corrected chi connectivity index (χ0v) is 12.0. The van der Waals surface area contributed by atoms with Gasteiger partial charge in [0, 0.05) is 6.54 Å². The van der Waals surface area contributed by atoms with E-state index in [2.05, 4.69) is 0 Å². The van der Waals surface area contributed by atoms with E-state index in [4.69, 9.17) is 21.1 Å². The Balaban J connectivity index is 1.82. The molecule has 2 fully saturated rings. The molecule has 20 heavy (non-hydrogen) atoms. The maximum absolute atomic E-state index is 12.7. The van der Waals surface area contributed by atoms with E-state index in [-0.39, 0.29) is 18.2 Å². The van der Waals surface area contributed by atoms with Crippen molar-refractivity contribution in [1.29, 1.82) is 0 Å². The summed E-state index contributed by atoms with van der Waals surface area (Å²) in [6, 6.07) is 7.18. The van der Waals surface area contributed by atoms with Crippen molar-refractivity contribution in [2.45, 2.75) is 31.6 Å². The van der Waals surface area contributed by atoms with Crippen molar-refractivity contribution >= 4 is 17.5 Å². The first kappa shape index (κ1) is 13.9. The van der Waals surface area contributed by atoms with Crippen molar-refractivity contribution in [1.82, 2.24) is 4.90 Å². The van der Waals surface area contributed by atoms with Crippen LogP contribution in [-0.2, 0) is 9.47 Å². The van der Waals surface area contributed by atoms with Crippen LogP contribution in [0.15, 0.2) is 24.3 Å². The quantitative estimate of drug-likeness (QED) is 0.842. The Bertz CT molecular complexity index is 488. The SMILES string of the molecule is O=C(c1ccccc1Cl)N1CCCC[C@H]1C1OCCO1. The molecule has 5 heteroatoms. The molecular formula is C15H18ClNO3. The highest BCUT2D eigenvalue weighted by atomic mass is 35.5. The smallest absolute Gasteiger partial charge is 0.255 e. The van der Waals surface area contributed by atoms with E-state index >= 15 is 0 Å². The first-order valence-electron chi connectivity index (χ1n) is 7.06. The lowest BCUT2D eigenvalue weighted by molar-refractivity contribution is -0.100. The van der Waals surface area contributed by atoms with Crippen molar-refractivity contribution in [3.63, 3.8) is 0 Å². The number of ether oxygens (including phenoxy) is 2. The second-order valence-electron chi connectivity index (χ2n) is 5.15. The highest BCUT2D eigenvalue weighted by molar-refractivity contribution is 6.33. The van der Waals surface area contributed by atoms with Gasteiger partial charge in [-0.05, 0) is 31.4 Å². The van der Waals surface area contributed by atoms with Crippen molar-refractivity contribution in [3.05, 3.63) is 34.9 Å². The van der Waals surface area contributed by atoms with Crippen LogP contribution in [0.5, 0.6) is 0 Å². The molecule has 2 saturated heterocycles. The van der Waals surface area contributed by atoms with Gasteiger partial charge in [0.1, 0.15) is 0 Å². The number of amides is 1. The molecule has 0 radical (unpaired) electrons. The molecule has 1 atom stereocenters. The van der Waals surface area contributed by atoms with Gasteiger partial charge in [-0.2, -0.15) is 0 Å². The lowest BCUT2D eigenvalue weighted by Gasteiger charge is -2.38. The van der Waals surface area contributed by atoms with Gasteiger partial charge in [0.05, 0.1) is 29.8 Å². The first-order chi connectivity index (χ1) is 9.77. The summed E-state index contributed by atoms with van der Waals surface area (Å²) in [5.74, 6) is -0.0283. The highest BCUT2D eigenvalue weighted by Gasteiger charge is 2.36.